The van der Waals surface area contributed by atoms with E-state index >= 15 is 0 Å². The van der Waals surface area contributed by atoms with Crippen molar-refractivity contribution < 1.29 is 13.2 Å². The van der Waals surface area contributed by atoms with Crippen molar-refractivity contribution in [1.29, 1.82) is 0 Å². The van der Waals surface area contributed by atoms with Crippen molar-refractivity contribution in [1.82, 2.24) is 9.99 Å². The molecule has 190 valence electrons. The second-order valence-electron chi connectivity index (χ2n) is 8.18. The maximum absolute atomic E-state index is 13.4. The van der Waals surface area contributed by atoms with Crippen LogP contribution in [-0.4, -0.2) is 31.7 Å². The molecule has 0 radical (unpaired) electrons. The zero-order valence-electron chi connectivity index (χ0n) is 20.1. The number of nitrogens with one attached hydrogen (secondary N) is 1. The predicted molar refractivity (Wildman–Crippen MR) is 148 cm³/mol. The summed E-state index contributed by atoms with van der Waals surface area (Å²) < 4.78 is 29.8. The van der Waals surface area contributed by atoms with Gasteiger partial charge in [0.25, 0.3) is 15.9 Å². The molecule has 3 aromatic carbocycles. The molecule has 0 unspecified atom stereocenters. The summed E-state index contributed by atoms with van der Waals surface area (Å²) in [7, 11) is -4.07. The van der Waals surface area contributed by atoms with E-state index in [1.54, 1.807) is 42.5 Å². The fourth-order valence-corrected chi connectivity index (χ4v) is 5.90. The van der Waals surface area contributed by atoms with E-state index in [1.807, 2.05) is 48.7 Å². The first-order valence-corrected chi connectivity index (χ1v) is 13.5. The first-order valence-electron chi connectivity index (χ1n) is 11.3. The third-order valence-corrected chi connectivity index (χ3v) is 8.11. The van der Waals surface area contributed by atoms with Crippen molar-refractivity contribution in [2.24, 2.45) is 5.10 Å². The number of aryl methyl sites for hydroxylation is 1. The van der Waals surface area contributed by atoms with Crippen LogP contribution < -0.4 is 9.73 Å². The molecule has 7 nitrogen and oxygen atoms in total. The van der Waals surface area contributed by atoms with Gasteiger partial charge in [0.05, 0.1) is 32.5 Å². The fraction of sp³-hybridized carbons (Fsp3) is 0.111. The number of para-hydroxylation sites is 2. The molecule has 0 atom stereocenters. The highest BCUT2D eigenvalue weighted by atomic mass is 35.5. The molecule has 0 fully saturated rings. The summed E-state index contributed by atoms with van der Waals surface area (Å²) in [5.41, 5.74) is 6.05. The van der Waals surface area contributed by atoms with Crippen LogP contribution in [-0.2, 0) is 14.8 Å². The van der Waals surface area contributed by atoms with Gasteiger partial charge >= 0.3 is 0 Å². The van der Waals surface area contributed by atoms with E-state index in [9.17, 15) is 13.2 Å². The number of rotatable bonds is 8. The molecule has 0 saturated heterocycles. The van der Waals surface area contributed by atoms with E-state index in [0.29, 0.717) is 5.02 Å². The number of hydrogen-bond donors (Lipinski definition) is 1. The Labute approximate surface area is 226 Å². The monoisotopic (exact) mass is 554 g/mol. The van der Waals surface area contributed by atoms with Gasteiger partial charge in [0.1, 0.15) is 6.54 Å². The van der Waals surface area contributed by atoms with Crippen LogP contribution in [0.15, 0.2) is 94.9 Å². The number of hydrazone groups is 1. The van der Waals surface area contributed by atoms with Crippen LogP contribution in [0.4, 0.5) is 5.69 Å². The Morgan fingerprint density at radius 2 is 1.57 bits per heavy atom. The second kappa shape index (κ2) is 11.2. The highest BCUT2D eigenvalue weighted by Crippen LogP contribution is 2.30. The molecule has 0 bridgehead atoms. The summed E-state index contributed by atoms with van der Waals surface area (Å²) in [5.74, 6) is -0.629. The summed E-state index contributed by atoms with van der Waals surface area (Å²) in [6, 6.07) is 23.7. The number of amides is 1. The molecular weight excluding hydrogens is 531 g/mol. The van der Waals surface area contributed by atoms with Gasteiger partial charge < -0.3 is 4.57 Å². The quantitative estimate of drug-likeness (QED) is 0.222. The van der Waals surface area contributed by atoms with E-state index in [4.69, 9.17) is 23.2 Å². The van der Waals surface area contributed by atoms with Crippen LogP contribution in [0.3, 0.4) is 0 Å². The molecule has 1 aromatic heterocycles. The topological polar surface area (TPSA) is 83.8 Å². The van der Waals surface area contributed by atoms with Crippen LogP contribution in [0.2, 0.25) is 10.0 Å². The Morgan fingerprint density at radius 1 is 0.946 bits per heavy atom. The highest BCUT2D eigenvalue weighted by molar-refractivity contribution is 7.92. The van der Waals surface area contributed by atoms with Gasteiger partial charge in [0.2, 0.25) is 0 Å². The van der Waals surface area contributed by atoms with Gasteiger partial charge in [-0.25, -0.2) is 13.8 Å². The first kappa shape index (κ1) is 26.5. The molecule has 37 heavy (non-hydrogen) atoms. The van der Waals surface area contributed by atoms with E-state index in [0.717, 1.165) is 26.9 Å². The summed E-state index contributed by atoms with van der Waals surface area (Å²) in [5, 5.41) is 4.88. The summed E-state index contributed by atoms with van der Waals surface area (Å²) in [4.78, 5) is 12.9. The number of hydrogen-bond acceptors (Lipinski definition) is 4. The largest absolute Gasteiger partial charge is 0.316 e. The van der Waals surface area contributed by atoms with Crippen molar-refractivity contribution in [3.05, 3.63) is 112 Å². The number of benzene rings is 3. The molecule has 0 aliphatic carbocycles. The minimum atomic E-state index is -4.07. The lowest BCUT2D eigenvalue weighted by atomic mass is 10.2. The van der Waals surface area contributed by atoms with Crippen LogP contribution in [0.5, 0.6) is 0 Å². The number of anilines is 1. The van der Waals surface area contributed by atoms with E-state index in [-0.39, 0.29) is 15.6 Å². The summed E-state index contributed by atoms with van der Waals surface area (Å²) >= 11 is 12.7. The van der Waals surface area contributed by atoms with Crippen LogP contribution in [0.1, 0.15) is 17.0 Å². The molecular formula is C27H24Cl2N4O3S. The number of sulfonamides is 1. The Balaban J connectivity index is 1.56. The number of aromatic nitrogens is 1. The summed E-state index contributed by atoms with van der Waals surface area (Å²) in [6.45, 7) is 3.35. The minimum Gasteiger partial charge on any atom is -0.316 e. The Hall–Kier alpha value is -3.59. The average Bonchev–Trinajstić information content (AvgIpc) is 3.16. The van der Waals surface area contributed by atoms with Gasteiger partial charge in [-0.05, 0) is 56.3 Å². The zero-order chi connectivity index (χ0) is 26.6. The molecule has 1 N–H and O–H groups in total. The van der Waals surface area contributed by atoms with Gasteiger partial charge in [0.15, 0.2) is 0 Å². The van der Waals surface area contributed by atoms with Crippen molar-refractivity contribution in [2.75, 3.05) is 10.8 Å². The van der Waals surface area contributed by atoms with Gasteiger partial charge in [-0.15, -0.1) is 0 Å². The maximum atomic E-state index is 13.4. The van der Waals surface area contributed by atoms with Crippen LogP contribution >= 0.6 is 23.2 Å². The lowest BCUT2D eigenvalue weighted by molar-refractivity contribution is -0.119. The zero-order valence-corrected chi connectivity index (χ0v) is 22.4. The molecule has 10 heteroatoms. The lowest BCUT2D eigenvalue weighted by Gasteiger charge is -2.24. The number of carbonyl (C=O) groups excluding carboxylic acids is 1. The van der Waals surface area contributed by atoms with Gasteiger partial charge in [-0.2, -0.15) is 5.10 Å². The molecule has 0 aliphatic rings. The minimum absolute atomic E-state index is 0.0400. The fourth-order valence-electron chi connectivity index (χ4n) is 3.94. The molecule has 4 aromatic rings. The molecule has 0 saturated carbocycles. The second-order valence-corrected chi connectivity index (χ2v) is 10.9. The molecule has 1 heterocycles. The number of carbonyl (C=O) groups is 1. The standard InChI is InChI=1S/C27H24Cl2N4O3S/c1-19-16-21(20(2)33(19)26-15-9-7-13-24(26)29)17-30-31-27(34)18-32(25-14-8-6-12-23(25)28)37(35,36)22-10-4-3-5-11-22/h3-17H,18H2,1-2H3,(H,31,34)/b30-17-. The maximum Gasteiger partial charge on any atom is 0.264 e. The number of halogens is 2. The van der Waals surface area contributed by atoms with Gasteiger partial charge in [0, 0.05) is 17.0 Å². The van der Waals surface area contributed by atoms with Gasteiger partial charge in [-0.3, -0.25) is 9.10 Å². The van der Waals surface area contributed by atoms with Crippen molar-refractivity contribution >= 4 is 51.0 Å². The third-order valence-electron chi connectivity index (χ3n) is 5.70. The smallest absolute Gasteiger partial charge is 0.264 e. The number of nitrogens with zero attached hydrogens (tertiary/aromatic N) is 3. The lowest BCUT2D eigenvalue weighted by Crippen LogP contribution is -2.39. The first-order chi connectivity index (χ1) is 17.7. The van der Waals surface area contributed by atoms with Crippen LogP contribution in [0.25, 0.3) is 5.69 Å². The van der Waals surface area contributed by atoms with Crippen molar-refractivity contribution in [3.63, 3.8) is 0 Å². The SMILES string of the molecule is Cc1cc(/C=N\NC(=O)CN(c2ccccc2Cl)S(=O)(=O)c2ccccc2)c(C)n1-c1ccccc1Cl. The van der Waals surface area contributed by atoms with Crippen molar-refractivity contribution in [2.45, 2.75) is 18.7 Å². The predicted octanol–water partition coefficient (Wildman–Crippen LogP) is 5.75. The Bertz CT molecular complexity index is 1570. The van der Waals surface area contributed by atoms with E-state index in [1.165, 1.54) is 18.3 Å². The third kappa shape index (κ3) is 5.72. The summed E-state index contributed by atoms with van der Waals surface area (Å²) in [6.07, 6.45) is 1.51. The Kier molecular flexibility index (Phi) is 8.02. The van der Waals surface area contributed by atoms with Crippen molar-refractivity contribution in [3.8, 4) is 5.69 Å². The van der Waals surface area contributed by atoms with E-state index < -0.39 is 22.5 Å². The van der Waals surface area contributed by atoms with Crippen LogP contribution in [0, 0.1) is 13.8 Å². The molecule has 0 spiro atoms. The Morgan fingerprint density at radius 3 is 2.24 bits per heavy atom. The molecule has 1 amide bonds. The molecule has 4 rings (SSSR count). The highest BCUT2D eigenvalue weighted by Gasteiger charge is 2.28. The van der Waals surface area contributed by atoms with E-state index in [2.05, 4.69) is 10.5 Å². The average molecular weight is 555 g/mol. The van der Waals surface area contributed by atoms with Gasteiger partial charge in [-0.1, -0.05) is 65.7 Å². The normalized spacial score (nSPS) is 11.6. The molecule has 0 aliphatic heterocycles.